The van der Waals surface area contributed by atoms with Gasteiger partial charge in [0.05, 0.1) is 18.3 Å². The summed E-state index contributed by atoms with van der Waals surface area (Å²) in [4.78, 5) is 13.1. The molecule has 0 spiro atoms. The van der Waals surface area contributed by atoms with E-state index in [-0.39, 0.29) is 5.78 Å². The average molecular weight is 478 g/mol. The standard InChI is InChI=1S/C25H23N3O5S/c1-27(2)34(30,31)33-26-22-13-14-28-23-12-9-17(25(29)16-7-10-18(32-3)11-8-16)15-21(23)19-5-4-6-20(22)24(19)28/h4-12,15H,13-14H2,1-3H3/b26-22+. The number of hydrogen-bond donors (Lipinski definition) is 0. The maximum Gasteiger partial charge on any atom is 0.404 e. The lowest BCUT2D eigenvalue weighted by molar-refractivity contribution is 0.103. The van der Waals surface area contributed by atoms with E-state index < -0.39 is 10.3 Å². The molecule has 1 aliphatic heterocycles. The molecule has 0 unspecified atom stereocenters. The summed E-state index contributed by atoms with van der Waals surface area (Å²) >= 11 is 0. The molecule has 8 nitrogen and oxygen atoms in total. The van der Waals surface area contributed by atoms with Crippen LogP contribution in [0.25, 0.3) is 21.8 Å². The highest BCUT2D eigenvalue weighted by Crippen LogP contribution is 2.35. The molecule has 1 aromatic heterocycles. The van der Waals surface area contributed by atoms with Gasteiger partial charge in [0.2, 0.25) is 0 Å². The quantitative estimate of drug-likeness (QED) is 0.310. The number of para-hydroxylation sites is 1. The molecule has 5 rings (SSSR count). The summed E-state index contributed by atoms with van der Waals surface area (Å²) in [5, 5.41) is 5.91. The number of nitrogens with zero attached hydrogens (tertiary/aromatic N) is 3. The molecule has 1 aliphatic rings. The van der Waals surface area contributed by atoms with E-state index in [2.05, 4.69) is 9.72 Å². The third kappa shape index (κ3) is 3.63. The van der Waals surface area contributed by atoms with Crippen molar-refractivity contribution >= 4 is 43.6 Å². The molecular weight excluding hydrogens is 454 g/mol. The lowest BCUT2D eigenvalue weighted by Gasteiger charge is -2.18. The number of carbonyl (C=O) groups is 1. The minimum absolute atomic E-state index is 0.0685. The molecule has 9 heteroatoms. The number of fused-ring (bicyclic) bond motifs is 3. The highest BCUT2D eigenvalue weighted by Gasteiger charge is 2.24. The van der Waals surface area contributed by atoms with Gasteiger partial charge in [-0.2, -0.15) is 12.7 Å². The smallest absolute Gasteiger partial charge is 0.404 e. The number of aromatic nitrogens is 1. The largest absolute Gasteiger partial charge is 0.497 e. The molecule has 0 N–H and O–H groups in total. The van der Waals surface area contributed by atoms with Crippen LogP contribution in [0.3, 0.4) is 0 Å². The van der Waals surface area contributed by atoms with E-state index in [1.807, 2.05) is 36.4 Å². The monoisotopic (exact) mass is 477 g/mol. The first-order chi connectivity index (χ1) is 16.3. The second kappa shape index (κ2) is 8.27. The molecule has 4 aromatic rings. The summed E-state index contributed by atoms with van der Waals surface area (Å²) in [5.74, 6) is 0.627. The molecule has 0 saturated heterocycles. The van der Waals surface area contributed by atoms with Gasteiger partial charge in [-0.05, 0) is 42.5 Å². The van der Waals surface area contributed by atoms with Crippen molar-refractivity contribution in [2.45, 2.75) is 13.0 Å². The van der Waals surface area contributed by atoms with Crippen LogP contribution in [0.2, 0.25) is 0 Å². The Bertz CT molecular complexity index is 1570. The van der Waals surface area contributed by atoms with E-state index in [0.717, 1.165) is 31.7 Å². The molecule has 0 atom stereocenters. The van der Waals surface area contributed by atoms with Crippen molar-refractivity contribution in [2.24, 2.45) is 5.16 Å². The number of aryl methyl sites for hydroxylation is 1. The number of methoxy groups -OCH3 is 1. The molecular formula is C25H23N3O5S. The lowest BCUT2D eigenvalue weighted by Crippen LogP contribution is -2.24. The number of ether oxygens (including phenoxy) is 1. The van der Waals surface area contributed by atoms with Gasteiger partial charge in [-0.1, -0.05) is 23.4 Å². The Morgan fingerprint density at radius 2 is 1.74 bits per heavy atom. The molecule has 34 heavy (non-hydrogen) atoms. The second-order valence-electron chi connectivity index (χ2n) is 8.25. The first kappa shape index (κ1) is 22.1. The Morgan fingerprint density at radius 3 is 2.44 bits per heavy atom. The second-order valence-corrected chi connectivity index (χ2v) is 9.98. The van der Waals surface area contributed by atoms with Crippen LogP contribution in [0, 0.1) is 0 Å². The van der Waals surface area contributed by atoms with Crippen molar-refractivity contribution in [1.82, 2.24) is 8.87 Å². The van der Waals surface area contributed by atoms with Gasteiger partial charge >= 0.3 is 10.3 Å². The van der Waals surface area contributed by atoms with Gasteiger partial charge in [-0.25, -0.2) is 0 Å². The number of hydrogen-bond acceptors (Lipinski definition) is 6. The van der Waals surface area contributed by atoms with Crippen molar-refractivity contribution in [2.75, 3.05) is 21.2 Å². The van der Waals surface area contributed by atoms with E-state index in [1.165, 1.54) is 14.1 Å². The van der Waals surface area contributed by atoms with Crippen LogP contribution in [-0.4, -0.2) is 50.0 Å². The predicted octanol–water partition coefficient (Wildman–Crippen LogP) is 3.96. The molecule has 0 saturated carbocycles. The van der Waals surface area contributed by atoms with Gasteiger partial charge in [0.1, 0.15) is 5.75 Å². The summed E-state index contributed by atoms with van der Waals surface area (Å²) in [6, 6.07) is 18.6. The van der Waals surface area contributed by atoms with Gasteiger partial charge < -0.3 is 9.30 Å². The highest BCUT2D eigenvalue weighted by molar-refractivity contribution is 7.84. The highest BCUT2D eigenvalue weighted by atomic mass is 32.2. The Hall–Kier alpha value is -3.69. The van der Waals surface area contributed by atoms with Crippen LogP contribution in [0.1, 0.15) is 27.9 Å². The summed E-state index contributed by atoms with van der Waals surface area (Å²) in [6.07, 6.45) is 0.519. The van der Waals surface area contributed by atoms with Crippen LogP contribution < -0.4 is 4.74 Å². The van der Waals surface area contributed by atoms with Gasteiger partial charge in [-0.15, -0.1) is 0 Å². The number of benzene rings is 3. The molecule has 3 aromatic carbocycles. The van der Waals surface area contributed by atoms with Crippen LogP contribution >= 0.6 is 0 Å². The van der Waals surface area contributed by atoms with E-state index >= 15 is 0 Å². The number of carbonyl (C=O) groups excluding carboxylic acids is 1. The Kier molecular flexibility index (Phi) is 5.38. The number of ketones is 1. The normalized spacial score (nSPS) is 14.8. The molecule has 0 bridgehead atoms. The topological polar surface area (TPSA) is 90.2 Å². The first-order valence-electron chi connectivity index (χ1n) is 10.7. The molecule has 2 heterocycles. The van der Waals surface area contributed by atoms with Crippen molar-refractivity contribution in [3.05, 3.63) is 77.4 Å². The maximum atomic E-state index is 13.1. The fourth-order valence-electron chi connectivity index (χ4n) is 4.28. The fourth-order valence-corrected chi connectivity index (χ4v) is 4.60. The molecule has 0 fully saturated rings. The van der Waals surface area contributed by atoms with Crippen LogP contribution in [0.4, 0.5) is 0 Å². The summed E-state index contributed by atoms with van der Waals surface area (Å²) in [6.45, 7) is 0.618. The molecule has 0 aliphatic carbocycles. The van der Waals surface area contributed by atoms with Crippen LogP contribution in [0.5, 0.6) is 5.75 Å². The fraction of sp³-hybridized carbons (Fsp3) is 0.200. The zero-order valence-electron chi connectivity index (χ0n) is 19.0. The summed E-state index contributed by atoms with van der Waals surface area (Å²) < 4.78 is 37.2. The molecule has 0 amide bonds. The minimum atomic E-state index is -3.92. The van der Waals surface area contributed by atoms with Crippen molar-refractivity contribution in [1.29, 1.82) is 0 Å². The predicted molar refractivity (Wildman–Crippen MR) is 131 cm³/mol. The van der Waals surface area contributed by atoms with Crippen molar-refractivity contribution in [3.63, 3.8) is 0 Å². The third-order valence-electron chi connectivity index (χ3n) is 6.07. The summed E-state index contributed by atoms with van der Waals surface area (Å²) in [5.41, 5.74) is 4.52. The first-order valence-corrected chi connectivity index (χ1v) is 12.1. The number of oxime groups is 1. The van der Waals surface area contributed by atoms with Crippen molar-refractivity contribution < 1.29 is 22.2 Å². The van der Waals surface area contributed by atoms with Crippen LogP contribution in [0.15, 0.2) is 65.8 Å². The Morgan fingerprint density at radius 1 is 1.00 bits per heavy atom. The molecule has 174 valence electrons. The summed E-state index contributed by atoms with van der Waals surface area (Å²) in [7, 11) is 0.445. The van der Waals surface area contributed by atoms with E-state index in [4.69, 9.17) is 9.02 Å². The van der Waals surface area contributed by atoms with E-state index in [1.54, 1.807) is 31.4 Å². The zero-order chi connectivity index (χ0) is 24.0. The molecule has 0 radical (unpaired) electrons. The zero-order valence-corrected chi connectivity index (χ0v) is 19.8. The SMILES string of the molecule is COc1ccc(C(=O)c2ccc3c(c2)c2cccc4c2n3CC/C4=N\OS(=O)(=O)N(C)C)cc1. The third-order valence-corrected chi connectivity index (χ3v) is 7.23. The lowest BCUT2D eigenvalue weighted by atomic mass is 9.99. The van der Waals surface area contributed by atoms with Crippen molar-refractivity contribution in [3.8, 4) is 5.75 Å². The Balaban J connectivity index is 1.59. The van der Waals surface area contributed by atoms with E-state index in [0.29, 0.717) is 35.6 Å². The van der Waals surface area contributed by atoms with E-state index in [9.17, 15) is 13.2 Å². The van der Waals surface area contributed by atoms with Gasteiger partial charge in [0.25, 0.3) is 0 Å². The average Bonchev–Trinajstić information content (AvgIpc) is 3.17. The number of rotatable bonds is 6. The van der Waals surface area contributed by atoms with Crippen LogP contribution in [-0.2, 0) is 21.1 Å². The van der Waals surface area contributed by atoms with Gasteiger partial charge in [0, 0.05) is 60.0 Å². The maximum absolute atomic E-state index is 13.1. The Labute approximate surface area is 197 Å². The van der Waals surface area contributed by atoms with Gasteiger partial charge in [0.15, 0.2) is 5.78 Å². The minimum Gasteiger partial charge on any atom is -0.497 e. The van der Waals surface area contributed by atoms with Gasteiger partial charge in [-0.3, -0.25) is 9.08 Å².